The lowest BCUT2D eigenvalue weighted by Gasteiger charge is -2.11. The van der Waals surface area contributed by atoms with E-state index < -0.39 is 11.8 Å². The summed E-state index contributed by atoms with van der Waals surface area (Å²) in [5.41, 5.74) is 6.08. The van der Waals surface area contributed by atoms with Gasteiger partial charge in [0.1, 0.15) is 0 Å². The molecule has 3 rings (SSSR count). The number of hydrogen-bond donors (Lipinski definition) is 2. The number of hydrazine groups is 1. The van der Waals surface area contributed by atoms with Crippen LogP contribution in [-0.4, -0.2) is 35.7 Å². The van der Waals surface area contributed by atoms with Crippen LogP contribution in [0.25, 0.3) is 11.5 Å². The molecule has 0 unspecified atom stereocenters. The molecule has 0 aliphatic heterocycles. The van der Waals surface area contributed by atoms with Crippen molar-refractivity contribution in [1.29, 1.82) is 0 Å². The SMILES string of the molecule is CCOc1ccc(C(=O)NNC(=O)c2ccc(-c3nnco3)cc2)cc1OC. The van der Waals surface area contributed by atoms with Crippen molar-refractivity contribution in [3.63, 3.8) is 0 Å². The Morgan fingerprint density at radius 2 is 1.68 bits per heavy atom. The van der Waals surface area contributed by atoms with Gasteiger partial charge in [0.2, 0.25) is 12.3 Å². The van der Waals surface area contributed by atoms with E-state index in [2.05, 4.69) is 21.0 Å². The lowest BCUT2D eigenvalue weighted by Crippen LogP contribution is -2.41. The summed E-state index contributed by atoms with van der Waals surface area (Å²) in [5.74, 6) is 0.356. The van der Waals surface area contributed by atoms with E-state index in [0.29, 0.717) is 40.7 Å². The third-order valence-electron chi connectivity index (χ3n) is 3.77. The van der Waals surface area contributed by atoms with Crippen LogP contribution in [0.1, 0.15) is 27.6 Å². The van der Waals surface area contributed by atoms with Crippen LogP contribution in [0.3, 0.4) is 0 Å². The average molecular weight is 382 g/mol. The van der Waals surface area contributed by atoms with Gasteiger partial charge in [0.25, 0.3) is 11.8 Å². The fourth-order valence-electron chi connectivity index (χ4n) is 2.40. The zero-order valence-electron chi connectivity index (χ0n) is 15.3. The van der Waals surface area contributed by atoms with E-state index in [9.17, 15) is 9.59 Å². The highest BCUT2D eigenvalue weighted by atomic mass is 16.5. The molecule has 1 aromatic heterocycles. The fraction of sp³-hybridized carbons (Fsp3) is 0.158. The van der Waals surface area contributed by atoms with Crippen molar-refractivity contribution in [2.45, 2.75) is 6.92 Å². The summed E-state index contributed by atoms with van der Waals surface area (Å²) in [5, 5.41) is 7.39. The monoisotopic (exact) mass is 382 g/mol. The van der Waals surface area contributed by atoms with Crippen LogP contribution in [0.5, 0.6) is 11.5 Å². The van der Waals surface area contributed by atoms with Gasteiger partial charge in [0.05, 0.1) is 13.7 Å². The van der Waals surface area contributed by atoms with Gasteiger partial charge in [0, 0.05) is 16.7 Å². The maximum absolute atomic E-state index is 12.3. The molecular weight excluding hydrogens is 364 g/mol. The minimum Gasteiger partial charge on any atom is -0.493 e. The molecule has 0 aliphatic rings. The Hall–Kier alpha value is -3.88. The predicted octanol–water partition coefficient (Wildman–Crippen LogP) is 2.22. The summed E-state index contributed by atoms with van der Waals surface area (Å²) >= 11 is 0. The minimum absolute atomic E-state index is 0.312. The summed E-state index contributed by atoms with van der Waals surface area (Å²) in [6.45, 7) is 2.33. The number of methoxy groups -OCH3 is 1. The average Bonchev–Trinajstić information content (AvgIpc) is 3.27. The third kappa shape index (κ3) is 4.26. The number of hydrogen-bond acceptors (Lipinski definition) is 7. The van der Waals surface area contributed by atoms with Gasteiger partial charge in [-0.25, -0.2) is 0 Å². The van der Waals surface area contributed by atoms with Crippen molar-refractivity contribution in [2.24, 2.45) is 0 Å². The Kier molecular flexibility index (Phi) is 5.85. The van der Waals surface area contributed by atoms with Crippen LogP contribution >= 0.6 is 0 Å². The van der Waals surface area contributed by atoms with Crippen molar-refractivity contribution in [1.82, 2.24) is 21.0 Å². The first-order valence-corrected chi connectivity index (χ1v) is 8.40. The third-order valence-corrected chi connectivity index (χ3v) is 3.77. The molecule has 0 radical (unpaired) electrons. The van der Waals surface area contributed by atoms with Crippen LogP contribution in [0.2, 0.25) is 0 Å². The molecule has 9 heteroatoms. The second-order valence-electron chi connectivity index (χ2n) is 5.53. The maximum Gasteiger partial charge on any atom is 0.269 e. The first-order valence-electron chi connectivity index (χ1n) is 8.40. The highest BCUT2D eigenvalue weighted by molar-refractivity contribution is 5.99. The second kappa shape index (κ2) is 8.67. The molecule has 0 spiro atoms. The topological polar surface area (TPSA) is 116 Å². The number of benzene rings is 2. The molecular formula is C19H18N4O5. The van der Waals surface area contributed by atoms with E-state index >= 15 is 0 Å². The van der Waals surface area contributed by atoms with Crippen molar-refractivity contribution >= 4 is 11.8 Å². The Morgan fingerprint density at radius 3 is 2.29 bits per heavy atom. The number of carbonyl (C=O) groups is 2. The van der Waals surface area contributed by atoms with E-state index in [1.54, 1.807) is 36.4 Å². The van der Waals surface area contributed by atoms with Gasteiger partial charge in [-0.3, -0.25) is 20.4 Å². The highest BCUT2D eigenvalue weighted by Gasteiger charge is 2.13. The van der Waals surface area contributed by atoms with E-state index in [1.165, 1.54) is 19.6 Å². The van der Waals surface area contributed by atoms with Gasteiger partial charge >= 0.3 is 0 Å². The normalized spacial score (nSPS) is 10.2. The van der Waals surface area contributed by atoms with Crippen molar-refractivity contribution < 1.29 is 23.5 Å². The molecule has 0 bridgehead atoms. The standard InChI is InChI=1S/C19H18N4O5/c1-3-27-15-9-8-14(10-16(15)26-2)18(25)22-21-17(24)12-4-6-13(7-5-12)19-23-20-11-28-19/h4-11H,3H2,1-2H3,(H,21,24)(H,22,25). The molecule has 0 atom stereocenters. The van der Waals surface area contributed by atoms with E-state index in [4.69, 9.17) is 13.9 Å². The molecule has 144 valence electrons. The first kappa shape index (κ1) is 18.9. The molecule has 0 saturated heterocycles. The van der Waals surface area contributed by atoms with Gasteiger partial charge in [-0.05, 0) is 49.4 Å². The lowest BCUT2D eigenvalue weighted by molar-refractivity contribution is 0.0846. The number of aromatic nitrogens is 2. The Bertz CT molecular complexity index is 955. The van der Waals surface area contributed by atoms with E-state index in [1.807, 2.05) is 6.92 Å². The molecule has 2 N–H and O–H groups in total. The van der Waals surface area contributed by atoms with Crippen LogP contribution in [0.15, 0.2) is 53.3 Å². The van der Waals surface area contributed by atoms with Gasteiger partial charge in [-0.2, -0.15) is 0 Å². The summed E-state index contributed by atoms with van der Waals surface area (Å²) in [6.07, 6.45) is 1.22. The lowest BCUT2D eigenvalue weighted by atomic mass is 10.1. The number of amides is 2. The summed E-state index contributed by atoms with van der Waals surface area (Å²) < 4.78 is 15.7. The summed E-state index contributed by atoms with van der Waals surface area (Å²) in [7, 11) is 1.49. The van der Waals surface area contributed by atoms with Gasteiger partial charge in [-0.1, -0.05) is 0 Å². The van der Waals surface area contributed by atoms with E-state index in [-0.39, 0.29) is 0 Å². The Balaban J connectivity index is 1.61. The van der Waals surface area contributed by atoms with Crippen LogP contribution in [0, 0.1) is 0 Å². The summed E-state index contributed by atoms with van der Waals surface area (Å²) in [4.78, 5) is 24.5. The molecule has 2 amide bonds. The second-order valence-corrected chi connectivity index (χ2v) is 5.53. The number of nitrogens with zero attached hydrogens (tertiary/aromatic N) is 2. The van der Waals surface area contributed by atoms with Crippen LogP contribution in [0.4, 0.5) is 0 Å². The zero-order valence-corrected chi connectivity index (χ0v) is 15.3. The van der Waals surface area contributed by atoms with Gasteiger partial charge in [-0.15, -0.1) is 10.2 Å². The number of carbonyl (C=O) groups excluding carboxylic acids is 2. The molecule has 1 heterocycles. The van der Waals surface area contributed by atoms with Crippen LogP contribution < -0.4 is 20.3 Å². The number of rotatable bonds is 6. The number of ether oxygens (including phenoxy) is 2. The Labute approximate surface area is 160 Å². The molecule has 9 nitrogen and oxygen atoms in total. The molecule has 0 saturated carbocycles. The largest absolute Gasteiger partial charge is 0.493 e. The molecule has 0 fully saturated rings. The number of nitrogens with one attached hydrogen (secondary N) is 2. The van der Waals surface area contributed by atoms with Crippen LogP contribution in [-0.2, 0) is 0 Å². The van der Waals surface area contributed by atoms with Gasteiger partial charge < -0.3 is 13.9 Å². The Morgan fingerprint density at radius 1 is 1.00 bits per heavy atom. The molecule has 28 heavy (non-hydrogen) atoms. The molecule has 2 aromatic carbocycles. The zero-order chi connectivity index (χ0) is 19.9. The predicted molar refractivity (Wildman–Crippen MR) is 98.8 cm³/mol. The first-order chi connectivity index (χ1) is 13.6. The summed E-state index contributed by atoms with van der Waals surface area (Å²) in [6, 6.07) is 11.3. The fourth-order valence-corrected chi connectivity index (χ4v) is 2.40. The highest BCUT2D eigenvalue weighted by Crippen LogP contribution is 2.27. The van der Waals surface area contributed by atoms with E-state index in [0.717, 1.165) is 0 Å². The van der Waals surface area contributed by atoms with Gasteiger partial charge in [0.15, 0.2) is 11.5 Å². The molecule has 0 aliphatic carbocycles. The van der Waals surface area contributed by atoms with Crippen molar-refractivity contribution in [3.05, 3.63) is 60.0 Å². The van der Waals surface area contributed by atoms with Crippen molar-refractivity contribution in [3.8, 4) is 23.0 Å². The van der Waals surface area contributed by atoms with Crippen molar-refractivity contribution in [2.75, 3.05) is 13.7 Å². The maximum atomic E-state index is 12.3. The minimum atomic E-state index is -0.489. The quantitative estimate of drug-likeness (QED) is 0.628. The smallest absolute Gasteiger partial charge is 0.269 e. The molecule has 3 aromatic rings.